The Morgan fingerprint density at radius 2 is 1.83 bits per heavy atom. The van der Waals surface area contributed by atoms with E-state index in [1.165, 1.54) is 0 Å². The number of hydrogen-bond donors (Lipinski definition) is 2. The van der Waals surface area contributed by atoms with Crippen LogP contribution in [0.15, 0.2) is 41.3 Å². The average Bonchev–Trinajstić information content (AvgIpc) is 3.34. The van der Waals surface area contributed by atoms with Crippen LogP contribution in [0.1, 0.15) is 38.2 Å². The zero-order chi connectivity index (χ0) is 30.4. The molecule has 0 aliphatic carbocycles. The third-order valence-corrected chi connectivity index (χ3v) is 9.19. The number of hydrogen-bond acceptors (Lipinski definition) is 6. The van der Waals surface area contributed by atoms with Crippen molar-refractivity contribution in [2.45, 2.75) is 60.6 Å². The Bertz CT molecular complexity index is 1390. The Morgan fingerprint density at radius 3 is 2.37 bits per heavy atom. The van der Waals surface area contributed by atoms with Gasteiger partial charge in [0.25, 0.3) is 0 Å². The summed E-state index contributed by atoms with van der Waals surface area (Å²) in [5.41, 5.74) is -6.59. The minimum Gasteiger partial charge on any atom is -0.490 e. The van der Waals surface area contributed by atoms with Crippen LogP contribution in [-0.4, -0.2) is 56.2 Å². The van der Waals surface area contributed by atoms with Crippen molar-refractivity contribution >= 4 is 27.2 Å². The lowest BCUT2D eigenvalue weighted by molar-refractivity contribution is -0.145. The summed E-state index contributed by atoms with van der Waals surface area (Å²) < 4.78 is 132. The fourth-order valence-electron chi connectivity index (χ4n) is 5.02. The van der Waals surface area contributed by atoms with E-state index in [0.29, 0.717) is 25.5 Å². The van der Waals surface area contributed by atoms with E-state index in [2.05, 4.69) is 5.32 Å². The van der Waals surface area contributed by atoms with Crippen molar-refractivity contribution in [3.8, 4) is 5.75 Å². The van der Waals surface area contributed by atoms with Crippen LogP contribution in [0.3, 0.4) is 0 Å². The summed E-state index contributed by atoms with van der Waals surface area (Å²) in [7, 11) is -5.08. The van der Waals surface area contributed by atoms with Gasteiger partial charge in [0.05, 0.1) is 16.1 Å². The Kier molecular flexibility index (Phi) is 8.26. The van der Waals surface area contributed by atoms with Gasteiger partial charge in [-0.3, -0.25) is 10.1 Å². The highest BCUT2D eigenvalue weighted by molar-refractivity contribution is 7.92. The van der Waals surface area contributed by atoms with Crippen LogP contribution in [0, 0.1) is 11.7 Å². The molecule has 0 aromatic heterocycles. The quantitative estimate of drug-likeness (QED) is 0.369. The van der Waals surface area contributed by atoms with Gasteiger partial charge in [0.1, 0.15) is 18.2 Å². The summed E-state index contributed by atoms with van der Waals surface area (Å²) >= 11 is 0. The van der Waals surface area contributed by atoms with Crippen molar-refractivity contribution < 1.29 is 53.8 Å². The molecule has 226 valence electrons. The normalized spacial score (nSPS) is 24.5. The summed E-state index contributed by atoms with van der Waals surface area (Å²) in [4.78, 5) is 12.0. The van der Waals surface area contributed by atoms with Crippen molar-refractivity contribution in [1.82, 2.24) is 5.32 Å². The number of carboxylic acids is 1. The number of carboxylic acid groups (broad SMARTS) is 1. The molecule has 2 heterocycles. The van der Waals surface area contributed by atoms with Gasteiger partial charge in [-0.15, -0.1) is 0 Å². The van der Waals surface area contributed by atoms with Crippen LogP contribution in [0.2, 0.25) is 0 Å². The Morgan fingerprint density at radius 1 is 1.17 bits per heavy atom. The number of alkyl halides is 6. The van der Waals surface area contributed by atoms with E-state index in [0.717, 1.165) is 29.2 Å². The lowest BCUT2D eigenvalue weighted by Crippen LogP contribution is -2.52. The number of carbonyl (C=O) groups is 1. The first-order chi connectivity index (χ1) is 18.9. The van der Waals surface area contributed by atoms with Gasteiger partial charge in [0.2, 0.25) is 21.3 Å². The van der Waals surface area contributed by atoms with Crippen LogP contribution in [0.5, 0.6) is 5.75 Å². The fraction of sp³-hybridized carbons (Fsp3) is 0.500. The molecule has 7 nitrogen and oxygen atoms in total. The molecule has 0 radical (unpaired) electrons. The number of fused-ring (bicyclic) bond motifs is 1. The van der Waals surface area contributed by atoms with E-state index in [4.69, 9.17) is 4.74 Å². The molecule has 3 atom stereocenters. The largest absolute Gasteiger partial charge is 0.490 e. The van der Waals surface area contributed by atoms with E-state index < -0.39 is 98.6 Å². The Hall–Kier alpha value is -3.07. The smallest absolute Gasteiger partial charge is 0.420 e. The second kappa shape index (κ2) is 11.0. The molecule has 41 heavy (non-hydrogen) atoms. The van der Waals surface area contributed by atoms with Crippen molar-refractivity contribution in [2.75, 3.05) is 24.6 Å². The van der Waals surface area contributed by atoms with Gasteiger partial charge in [-0.25, -0.2) is 26.0 Å². The maximum absolute atomic E-state index is 15.7. The summed E-state index contributed by atoms with van der Waals surface area (Å²) in [6.07, 6.45) is -6.23. The highest BCUT2D eigenvalue weighted by Gasteiger charge is 2.47. The molecule has 15 heteroatoms. The maximum atomic E-state index is 15.7. The third-order valence-electron chi connectivity index (χ3n) is 7.27. The molecule has 0 unspecified atom stereocenters. The molecule has 0 saturated carbocycles. The first-order valence-electron chi connectivity index (χ1n) is 12.6. The topological polar surface area (TPSA) is 95.9 Å². The zero-order valence-electron chi connectivity index (χ0n) is 21.6. The molecule has 1 saturated heterocycles. The van der Waals surface area contributed by atoms with Crippen molar-refractivity contribution in [3.05, 3.63) is 47.8 Å². The number of nitrogens with one attached hydrogen (secondary N) is 1. The lowest BCUT2D eigenvalue weighted by atomic mass is 9.99. The molecule has 2 aromatic carbocycles. The van der Waals surface area contributed by atoms with Crippen molar-refractivity contribution in [3.63, 3.8) is 0 Å². The number of ether oxygens (including phenoxy) is 1. The van der Waals surface area contributed by atoms with E-state index >= 15 is 4.39 Å². The Labute approximate surface area is 231 Å². The monoisotopic (exact) mass is 612 g/mol. The minimum absolute atomic E-state index is 0.00742. The number of halogens is 7. The summed E-state index contributed by atoms with van der Waals surface area (Å²) in [5.74, 6) is -8.01. The molecule has 4 rings (SSSR count). The van der Waals surface area contributed by atoms with Crippen LogP contribution >= 0.6 is 0 Å². The number of rotatable bonds is 8. The van der Waals surface area contributed by atoms with E-state index in [1.54, 1.807) is 0 Å². The van der Waals surface area contributed by atoms with Crippen LogP contribution in [-0.2, 0) is 20.8 Å². The van der Waals surface area contributed by atoms with Gasteiger partial charge < -0.3 is 14.7 Å². The van der Waals surface area contributed by atoms with Gasteiger partial charge in [0, 0.05) is 30.6 Å². The molecule has 2 aliphatic rings. The number of sulfone groups is 1. The molecular formula is C26H27F7N2O5S. The molecule has 2 aliphatic heterocycles. The summed E-state index contributed by atoms with van der Waals surface area (Å²) in [6, 6.07) is 5.10. The van der Waals surface area contributed by atoms with Gasteiger partial charge in [0.15, 0.2) is 5.54 Å². The molecule has 0 bridgehead atoms. The number of aliphatic carboxylic acids is 1. The maximum Gasteiger partial charge on any atom is 0.420 e. The van der Waals surface area contributed by atoms with E-state index in [1.807, 2.05) is 0 Å². The fourth-order valence-corrected chi connectivity index (χ4v) is 6.72. The second-order valence-corrected chi connectivity index (χ2v) is 12.4. The number of nitrogens with zero attached hydrogens (tertiary/aromatic N) is 1. The molecule has 2 N–H and O–H groups in total. The molecule has 0 amide bonds. The highest BCUT2D eigenvalue weighted by atomic mass is 32.2. The third kappa shape index (κ3) is 6.40. The zero-order valence-corrected chi connectivity index (χ0v) is 22.5. The minimum atomic E-state index is -5.13. The molecule has 1 fully saturated rings. The predicted octanol–water partition coefficient (Wildman–Crippen LogP) is 5.70. The second-order valence-electron chi connectivity index (χ2n) is 10.4. The first kappa shape index (κ1) is 30.9. The van der Waals surface area contributed by atoms with Gasteiger partial charge in [-0.05, 0) is 63.1 Å². The SMILES string of the molecule is CC(F)(F)CC[C@@H]1CN(c2ccc(F)cc2)c2cc(C(F)(F)F)c(OC[C@]3(C(=O)O)CCCN3)cc2S(=O)(=O)[C@@H]1F. The standard InChI is InChI=1S/C26H27F7N2O5S/c1-24(29,30)9-7-15-13-35(17-5-3-16(27)4-6-17)19-11-18(26(31,32)33)20(12-21(19)41(38,39)22(15)28)40-14-25(23(36)37)8-2-10-34-25/h3-6,11-12,15,22,34H,2,7-10,13-14H2,1H3,(H,36,37)/t15-,22+,25+/m1/s1. The molecule has 0 spiro atoms. The molecule has 2 aromatic rings. The van der Waals surface area contributed by atoms with Gasteiger partial charge in [-0.2, -0.15) is 13.2 Å². The van der Waals surface area contributed by atoms with E-state index in [-0.39, 0.29) is 18.7 Å². The predicted molar refractivity (Wildman–Crippen MR) is 133 cm³/mol. The van der Waals surface area contributed by atoms with Crippen LogP contribution < -0.4 is 15.0 Å². The number of benzene rings is 2. The van der Waals surface area contributed by atoms with E-state index in [9.17, 15) is 44.7 Å². The van der Waals surface area contributed by atoms with Crippen LogP contribution in [0.4, 0.5) is 42.1 Å². The number of anilines is 2. The van der Waals surface area contributed by atoms with Gasteiger partial charge in [-0.1, -0.05) is 0 Å². The molecular weight excluding hydrogens is 585 g/mol. The highest BCUT2D eigenvalue weighted by Crippen LogP contribution is 2.47. The van der Waals surface area contributed by atoms with Crippen LogP contribution in [0.25, 0.3) is 0 Å². The Balaban J connectivity index is 1.88. The van der Waals surface area contributed by atoms with Crippen molar-refractivity contribution in [1.29, 1.82) is 0 Å². The lowest BCUT2D eigenvalue weighted by Gasteiger charge is -2.29. The summed E-state index contributed by atoms with van der Waals surface area (Å²) in [5, 5.41) is 12.3. The van der Waals surface area contributed by atoms with Gasteiger partial charge >= 0.3 is 12.1 Å². The first-order valence-corrected chi connectivity index (χ1v) is 14.1. The van der Waals surface area contributed by atoms with Crippen molar-refractivity contribution in [2.24, 2.45) is 5.92 Å². The average molecular weight is 613 g/mol. The summed E-state index contributed by atoms with van der Waals surface area (Å²) in [6.45, 7) is -0.577.